The molecule has 0 amide bonds. The van der Waals surface area contributed by atoms with Crippen LogP contribution in [0.4, 0.5) is 0 Å². The van der Waals surface area contributed by atoms with Gasteiger partial charge in [0.05, 0.1) is 0 Å². The van der Waals surface area contributed by atoms with Crippen molar-refractivity contribution in [2.75, 3.05) is 6.54 Å². The Kier molecular flexibility index (Phi) is 3.26. The van der Waals surface area contributed by atoms with Gasteiger partial charge in [-0.1, -0.05) is 6.07 Å². The number of hydrogen-bond donors (Lipinski definition) is 1. The van der Waals surface area contributed by atoms with Crippen LogP contribution in [0, 0.1) is 3.57 Å². The largest absolute Gasteiger partial charge is 0.310 e. The summed E-state index contributed by atoms with van der Waals surface area (Å²) >= 11 is 5.87. The average molecular weight is 352 g/mol. The third kappa shape index (κ3) is 2.25. The predicted molar refractivity (Wildman–Crippen MR) is 66.8 cm³/mol. The first-order valence-corrected chi connectivity index (χ1v) is 6.33. The van der Waals surface area contributed by atoms with Crippen LogP contribution in [-0.2, 0) is 0 Å². The van der Waals surface area contributed by atoms with Gasteiger partial charge < -0.3 is 5.32 Å². The molecule has 0 unspecified atom stereocenters. The van der Waals surface area contributed by atoms with Gasteiger partial charge >= 0.3 is 0 Å². The lowest BCUT2D eigenvalue weighted by atomic mass is 10.1. The topological polar surface area (TPSA) is 12.0 Å². The molecule has 1 aromatic rings. The highest BCUT2D eigenvalue weighted by Crippen LogP contribution is 2.27. The fraction of sp³-hybridized carbons (Fsp3) is 0.400. The van der Waals surface area contributed by atoms with Crippen LogP contribution < -0.4 is 5.32 Å². The highest BCUT2D eigenvalue weighted by Gasteiger charge is 2.16. The lowest BCUT2D eigenvalue weighted by Crippen LogP contribution is -2.12. The molecular weight excluding hydrogens is 341 g/mol. The fourth-order valence-corrected chi connectivity index (χ4v) is 2.48. The highest BCUT2D eigenvalue weighted by atomic mass is 127. The van der Waals surface area contributed by atoms with Crippen LogP contribution in [0.1, 0.15) is 24.4 Å². The Morgan fingerprint density at radius 1 is 1.46 bits per heavy atom. The summed E-state index contributed by atoms with van der Waals surface area (Å²) in [6.07, 6.45) is 2.58. The first-order valence-electron chi connectivity index (χ1n) is 4.46. The molecule has 1 heterocycles. The molecule has 1 saturated heterocycles. The van der Waals surface area contributed by atoms with E-state index in [1.165, 1.54) is 26.4 Å². The maximum Gasteiger partial charge on any atom is 0.0321 e. The minimum atomic E-state index is 0.585. The normalized spacial score (nSPS) is 22.2. The molecular formula is C10H11BrIN. The number of halogens is 2. The van der Waals surface area contributed by atoms with Gasteiger partial charge in [0.1, 0.15) is 0 Å². The lowest BCUT2D eigenvalue weighted by molar-refractivity contribution is 0.647. The second-order valence-corrected chi connectivity index (χ2v) is 5.34. The van der Waals surface area contributed by atoms with E-state index in [-0.39, 0.29) is 0 Å². The van der Waals surface area contributed by atoms with Crippen LogP contribution in [0.15, 0.2) is 22.7 Å². The van der Waals surface area contributed by atoms with Gasteiger partial charge in [0, 0.05) is 14.1 Å². The van der Waals surface area contributed by atoms with Crippen LogP contribution in [-0.4, -0.2) is 6.54 Å². The smallest absolute Gasteiger partial charge is 0.0321 e. The average Bonchev–Trinajstić information content (AvgIpc) is 2.62. The van der Waals surface area contributed by atoms with Gasteiger partial charge in [0.2, 0.25) is 0 Å². The van der Waals surface area contributed by atoms with E-state index in [0.717, 1.165) is 6.54 Å². The van der Waals surface area contributed by atoms with E-state index >= 15 is 0 Å². The molecule has 1 aliphatic rings. The molecule has 0 bridgehead atoms. The number of nitrogens with one attached hydrogen (secondary N) is 1. The zero-order chi connectivity index (χ0) is 9.26. The van der Waals surface area contributed by atoms with Gasteiger partial charge in [-0.25, -0.2) is 0 Å². The van der Waals surface area contributed by atoms with Gasteiger partial charge in [-0.05, 0) is 75.6 Å². The molecule has 1 aromatic carbocycles. The van der Waals surface area contributed by atoms with Crippen molar-refractivity contribution >= 4 is 38.5 Å². The monoisotopic (exact) mass is 351 g/mol. The zero-order valence-corrected chi connectivity index (χ0v) is 10.9. The van der Waals surface area contributed by atoms with E-state index in [1.54, 1.807) is 0 Å². The van der Waals surface area contributed by atoms with Crippen LogP contribution in [0.5, 0.6) is 0 Å². The van der Waals surface area contributed by atoms with Crippen molar-refractivity contribution in [3.63, 3.8) is 0 Å². The molecule has 1 aliphatic heterocycles. The maximum atomic E-state index is 3.51. The Balaban J connectivity index is 2.25. The van der Waals surface area contributed by atoms with Crippen molar-refractivity contribution < 1.29 is 0 Å². The van der Waals surface area contributed by atoms with Gasteiger partial charge in [0.25, 0.3) is 0 Å². The Morgan fingerprint density at radius 3 is 2.92 bits per heavy atom. The zero-order valence-electron chi connectivity index (χ0n) is 7.19. The molecule has 1 N–H and O–H groups in total. The quantitative estimate of drug-likeness (QED) is 0.764. The molecule has 70 valence electrons. The van der Waals surface area contributed by atoms with Gasteiger partial charge in [-0.15, -0.1) is 0 Å². The minimum absolute atomic E-state index is 0.585. The molecule has 0 radical (unpaired) electrons. The van der Waals surface area contributed by atoms with Crippen molar-refractivity contribution in [3.8, 4) is 0 Å². The van der Waals surface area contributed by atoms with E-state index < -0.39 is 0 Å². The third-order valence-corrected chi connectivity index (χ3v) is 4.73. The van der Waals surface area contributed by atoms with E-state index in [2.05, 4.69) is 62.0 Å². The molecule has 1 fully saturated rings. The lowest BCUT2D eigenvalue weighted by Gasteiger charge is -2.11. The summed E-state index contributed by atoms with van der Waals surface area (Å²) in [5.41, 5.74) is 1.42. The Hall–Kier alpha value is 0.390. The molecule has 3 heteroatoms. The summed E-state index contributed by atoms with van der Waals surface area (Å²) < 4.78 is 2.48. The summed E-state index contributed by atoms with van der Waals surface area (Å²) in [5, 5.41) is 3.50. The van der Waals surface area contributed by atoms with Crippen molar-refractivity contribution in [1.29, 1.82) is 0 Å². The van der Waals surface area contributed by atoms with Gasteiger partial charge in [0.15, 0.2) is 0 Å². The molecule has 0 spiro atoms. The molecule has 1 nitrogen and oxygen atoms in total. The van der Waals surface area contributed by atoms with E-state index in [4.69, 9.17) is 0 Å². The van der Waals surface area contributed by atoms with Crippen LogP contribution in [0.25, 0.3) is 0 Å². The summed E-state index contributed by atoms with van der Waals surface area (Å²) in [5.74, 6) is 0. The predicted octanol–water partition coefficient (Wildman–Crippen LogP) is 3.48. The summed E-state index contributed by atoms with van der Waals surface area (Å²) in [4.78, 5) is 0. The maximum absolute atomic E-state index is 3.51. The Labute approximate surface area is 101 Å². The molecule has 13 heavy (non-hydrogen) atoms. The summed E-state index contributed by atoms with van der Waals surface area (Å²) in [6, 6.07) is 7.18. The van der Waals surface area contributed by atoms with Crippen LogP contribution >= 0.6 is 38.5 Å². The molecule has 0 aromatic heterocycles. The molecule has 0 saturated carbocycles. The van der Waals surface area contributed by atoms with E-state index in [1.807, 2.05) is 0 Å². The van der Waals surface area contributed by atoms with Crippen LogP contribution in [0.3, 0.4) is 0 Å². The van der Waals surface area contributed by atoms with Crippen LogP contribution in [0.2, 0.25) is 0 Å². The van der Waals surface area contributed by atoms with Crippen molar-refractivity contribution in [1.82, 2.24) is 5.32 Å². The standard InChI is InChI=1S/C10H11BrIN/c11-8-4-3-7(6-9(8)12)10-2-1-5-13-10/h3-4,6,10,13H,1-2,5H2/t10-/m0/s1. The van der Waals surface area contributed by atoms with Crippen molar-refractivity contribution in [3.05, 3.63) is 31.8 Å². The number of benzene rings is 1. The second-order valence-electron chi connectivity index (χ2n) is 3.32. The van der Waals surface area contributed by atoms with Crippen molar-refractivity contribution in [2.45, 2.75) is 18.9 Å². The number of rotatable bonds is 1. The SMILES string of the molecule is Brc1ccc([C@@H]2CCCN2)cc1I. The fourth-order valence-electron chi connectivity index (χ4n) is 1.70. The first-order chi connectivity index (χ1) is 6.27. The molecule has 1 atom stereocenters. The van der Waals surface area contributed by atoms with Gasteiger partial charge in [-0.3, -0.25) is 0 Å². The first kappa shape index (κ1) is 9.93. The van der Waals surface area contributed by atoms with E-state index in [0.29, 0.717) is 6.04 Å². The number of hydrogen-bond acceptors (Lipinski definition) is 1. The second kappa shape index (κ2) is 4.28. The summed E-state index contributed by atoms with van der Waals surface area (Å²) in [6.45, 7) is 1.16. The Bertz CT molecular complexity index is 308. The minimum Gasteiger partial charge on any atom is -0.310 e. The van der Waals surface area contributed by atoms with E-state index in [9.17, 15) is 0 Å². The summed E-state index contributed by atoms with van der Waals surface area (Å²) in [7, 11) is 0. The third-order valence-electron chi connectivity index (χ3n) is 2.41. The molecule has 2 rings (SSSR count). The highest BCUT2D eigenvalue weighted by molar-refractivity contribution is 14.1. The van der Waals surface area contributed by atoms with Crippen molar-refractivity contribution in [2.24, 2.45) is 0 Å². The molecule has 0 aliphatic carbocycles. The Morgan fingerprint density at radius 2 is 2.31 bits per heavy atom. The van der Waals surface area contributed by atoms with Gasteiger partial charge in [-0.2, -0.15) is 0 Å².